The van der Waals surface area contributed by atoms with Crippen LogP contribution in [0.5, 0.6) is 0 Å². The Morgan fingerprint density at radius 3 is 2.54 bits per heavy atom. The van der Waals surface area contributed by atoms with Crippen molar-refractivity contribution in [1.29, 1.82) is 0 Å². The van der Waals surface area contributed by atoms with Gasteiger partial charge < -0.3 is 4.74 Å². The molecule has 1 aliphatic rings. The van der Waals surface area contributed by atoms with E-state index in [2.05, 4.69) is 16.4 Å². The summed E-state index contributed by atoms with van der Waals surface area (Å²) in [5.41, 5.74) is 1.05. The molecule has 7 heteroatoms. The monoisotopic (exact) mass is 394 g/mol. The molecule has 0 spiro atoms. The van der Waals surface area contributed by atoms with E-state index < -0.39 is 0 Å². The fourth-order valence-electron chi connectivity index (χ4n) is 3.18. The molecule has 26 heavy (non-hydrogen) atoms. The van der Waals surface area contributed by atoms with Crippen LogP contribution < -0.4 is 0 Å². The Kier molecular flexibility index (Phi) is 7.25. The highest BCUT2D eigenvalue weighted by atomic mass is 35.5. The molecule has 0 radical (unpaired) electrons. The molecule has 0 amide bonds. The van der Waals surface area contributed by atoms with Crippen molar-refractivity contribution in [3.63, 3.8) is 0 Å². The van der Waals surface area contributed by atoms with E-state index >= 15 is 0 Å². The van der Waals surface area contributed by atoms with Gasteiger partial charge in [0.2, 0.25) is 0 Å². The van der Waals surface area contributed by atoms with Gasteiger partial charge in [-0.15, -0.1) is 0 Å². The molecule has 5 nitrogen and oxygen atoms in total. The molecule has 142 valence electrons. The van der Waals surface area contributed by atoms with Gasteiger partial charge in [0.1, 0.15) is 0 Å². The lowest BCUT2D eigenvalue weighted by molar-refractivity contribution is 0.0209. The molecule has 0 N–H and O–H groups in total. The molecule has 0 atom stereocenters. The SMILES string of the molecule is CCCCCCn1c(-c2ccc(Cl)cc2)nn(CN2CCOCC2)c1=S. The van der Waals surface area contributed by atoms with Crippen LogP contribution in [0.15, 0.2) is 24.3 Å². The van der Waals surface area contributed by atoms with E-state index in [1.54, 1.807) is 0 Å². The number of nitrogens with zero attached hydrogens (tertiary/aromatic N) is 4. The van der Waals surface area contributed by atoms with Gasteiger partial charge in [-0.3, -0.25) is 9.47 Å². The molecule has 1 saturated heterocycles. The highest BCUT2D eigenvalue weighted by Crippen LogP contribution is 2.22. The number of ether oxygens (including phenoxy) is 1. The smallest absolute Gasteiger partial charge is 0.199 e. The number of unbranched alkanes of at least 4 members (excludes halogenated alkanes) is 3. The predicted octanol–water partition coefficient (Wildman–Crippen LogP) is 4.60. The maximum Gasteiger partial charge on any atom is 0.199 e. The third-order valence-electron chi connectivity index (χ3n) is 4.70. The van der Waals surface area contributed by atoms with E-state index in [0.717, 1.165) is 60.5 Å². The van der Waals surface area contributed by atoms with Crippen molar-refractivity contribution < 1.29 is 4.74 Å². The summed E-state index contributed by atoms with van der Waals surface area (Å²) in [4.78, 5) is 2.33. The van der Waals surface area contributed by atoms with Gasteiger partial charge in [0.05, 0.1) is 19.9 Å². The van der Waals surface area contributed by atoms with Gasteiger partial charge in [-0.05, 0) is 42.9 Å². The molecule has 1 aromatic carbocycles. The molecule has 0 aliphatic carbocycles. The lowest BCUT2D eigenvalue weighted by Gasteiger charge is -2.26. The minimum Gasteiger partial charge on any atom is -0.379 e. The third-order valence-corrected chi connectivity index (χ3v) is 5.38. The van der Waals surface area contributed by atoms with Crippen LogP contribution in [0.1, 0.15) is 32.6 Å². The summed E-state index contributed by atoms with van der Waals surface area (Å²) in [5, 5.41) is 5.58. The standard InChI is InChI=1S/C19H27ClN4OS/c1-2-3-4-5-10-23-18(16-6-8-17(20)9-7-16)21-24(19(23)26)15-22-11-13-25-14-12-22/h6-9H,2-5,10-15H2,1H3. The van der Waals surface area contributed by atoms with E-state index in [4.69, 9.17) is 33.7 Å². The summed E-state index contributed by atoms with van der Waals surface area (Å²) in [7, 11) is 0. The lowest BCUT2D eigenvalue weighted by atomic mass is 10.2. The van der Waals surface area contributed by atoms with E-state index in [0.29, 0.717) is 6.67 Å². The second-order valence-corrected chi connectivity index (χ2v) is 7.50. The first kappa shape index (κ1) is 19.5. The van der Waals surface area contributed by atoms with Gasteiger partial charge in [0, 0.05) is 30.2 Å². The molecule has 0 bridgehead atoms. The molecule has 1 aromatic heterocycles. The summed E-state index contributed by atoms with van der Waals surface area (Å²) >= 11 is 11.8. The van der Waals surface area contributed by atoms with Crippen molar-refractivity contribution in [3.8, 4) is 11.4 Å². The van der Waals surface area contributed by atoms with Gasteiger partial charge in [-0.2, -0.15) is 5.10 Å². The van der Waals surface area contributed by atoms with Crippen molar-refractivity contribution in [1.82, 2.24) is 19.2 Å². The Morgan fingerprint density at radius 1 is 1.12 bits per heavy atom. The molecular weight excluding hydrogens is 368 g/mol. The van der Waals surface area contributed by atoms with E-state index in [1.165, 1.54) is 19.3 Å². The van der Waals surface area contributed by atoms with Gasteiger partial charge in [-0.25, -0.2) is 4.68 Å². The minimum absolute atomic E-state index is 0.713. The summed E-state index contributed by atoms with van der Waals surface area (Å²) in [6, 6.07) is 7.84. The number of benzene rings is 1. The molecular formula is C19H27ClN4OS. The first-order valence-corrected chi connectivity index (χ1v) is 10.2. The maximum atomic E-state index is 6.05. The topological polar surface area (TPSA) is 35.2 Å². The quantitative estimate of drug-likeness (QED) is 0.484. The molecule has 2 heterocycles. The molecule has 0 saturated carbocycles. The van der Waals surface area contributed by atoms with Crippen LogP contribution in [-0.4, -0.2) is 45.6 Å². The zero-order valence-electron chi connectivity index (χ0n) is 15.4. The fraction of sp³-hybridized carbons (Fsp3) is 0.579. The van der Waals surface area contributed by atoms with Crippen molar-refractivity contribution in [2.24, 2.45) is 0 Å². The van der Waals surface area contributed by atoms with Crippen LogP contribution in [0.3, 0.4) is 0 Å². The largest absolute Gasteiger partial charge is 0.379 e. The number of morpholine rings is 1. The van der Waals surface area contributed by atoms with E-state index in [9.17, 15) is 0 Å². The fourth-order valence-corrected chi connectivity index (χ4v) is 3.58. The van der Waals surface area contributed by atoms with Crippen LogP contribution in [0, 0.1) is 4.77 Å². The molecule has 0 unspecified atom stereocenters. The second-order valence-electron chi connectivity index (χ2n) is 6.70. The Morgan fingerprint density at radius 2 is 1.85 bits per heavy atom. The van der Waals surface area contributed by atoms with Crippen molar-refractivity contribution in [2.75, 3.05) is 26.3 Å². The highest BCUT2D eigenvalue weighted by Gasteiger charge is 2.16. The van der Waals surface area contributed by atoms with Crippen LogP contribution in [0.4, 0.5) is 0 Å². The molecule has 1 aliphatic heterocycles. The average molecular weight is 395 g/mol. The molecule has 2 aromatic rings. The Hall–Kier alpha value is -1.21. The summed E-state index contributed by atoms with van der Waals surface area (Å²) in [5.74, 6) is 0.927. The molecule has 1 fully saturated rings. The summed E-state index contributed by atoms with van der Waals surface area (Å²) < 4.78 is 10.4. The first-order chi connectivity index (χ1) is 12.7. The number of aromatic nitrogens is 3. The van der Waals surface area contributed by atoms with Gasteiger partial charge in [0.25, 0.3) is 0 Å². The van der Waals surface area contributed by atoms with Gasteiger partial charge in [-0.1, -0.05) is 37.8 Å². The number of halogens is 1. The normalized spacial score (nSPS) is 15.5. The molecule has 3 rings (SSSR count). The first-order valence-electron chi connectivity index (χ1n) is 9.42. The zero-order valence-corrected chi connectivity index (χ0v) is 16.9. The predicted molar refractivity (Wildman–Crippen MR) is 108 cm³/mol. The van der Waals surface area contributed by atoms with Crippen molar-refractivity contribution >= 4 is 23.8 Å². The number of hydrogen-bond donors (Lipinski definition) is 0. The Balaban J connectivity index is 1.85. The van der Waals surface area contributed by atoms with Crippen LogP contribution in [-0.2, 0) is 18.0 Å². The minimum atomic E-state index is 0.713. The number of hydrogen-bond acceptors (Lipinski definition) is 4. The summed E-state index contributed by atoms with van der Waals surface area (Å²) in [6.45, 7) is 7.23. The van der Waals surface area contributed by atoms with Crippen molar-refractivity contribution in [3.05, 3.63) is 34.1 Å². The Bertz CT molecular complexity index is 750. The summed E-state index contributed by atoms with van der Waals surface area (Å²) in [6.07, 6.45) is 4.82. The van der Waals surface area contributed by atoms with Gasteiger partial charge in [0.15, 0.2) is 10.6 Å². The highest BCUT2D eigenvalue weighted by molar-refractivity contribution is 7.71. The lowest BCUT2D eigenvalue weighted by Crippen LogP contribution is -2.37. The second kappa shape index (κ2) is 9.65. The van der Waals surface area contributed by atoms with Crippen LogP contribution in [0.2, 0.25) is 5.02 Å². The van der Waals surface area contributed by atoms with Gasteiger partial charge >= 0.3 is 0 Å². The zero-order chi connectivity index (χ0) is 18.4. The van der Waals surface area contributed by atoms with E-state index in [-0.39, 0.29) is 0 Å². The maximum absolute atomic E-state index is 6.05. The van der Waals surface area contributed by atoms with Crippen molar-refractivity contribution in [2.45, 2.75) is 45.8 Å². The van der Waals surface area contributed by atoms with Crippen LogP contribution >= 0.6 is 23.8 Å². The number of rotatable bonds is 8. The Labute approximate surface area is 165 Å². The average Bonchev–Trinajstić information content (AvgIpc) is 2.96. The van der Waals surface area contributed by atoms with E-state index in [1.807, 2.05) is 28.9 Å². The third kappa shape index (κ3) is 4.94. The van der Waals surface area contributed by atoms with Crippen LogP contribution in [0.25, 0.3) is 11.4 Å².